The van der Waals surface area contributed by atoms with E-state index in [1.54, 1.807) is 13.0 Å². The van der Waals surface area contributed by atoms with Gasteiger partial charge in [0.05, 0.1) is 12.2 Å². The number of hydrogen-bond donors (Lipinski definition) is 1. The lowest BCUT2D eigenvalue weighted by atomic mass is 9.63. The first kappa shape index (κ1) is 14.8. The van der Waals surface area contributed by atoms with Crippen LogP contribution in [0.2, 0.25) is 0 Å². The van der Waals surface area contributed by atoms with E-state index < -0.39 is 11.0 Å². The first-order chi connectivity index (χ1) is 8.47. The normalized spacial score (nSPS) is 32.1. The number of carbonyl (C=O) groups excluding carboxylic acids is 1. The molecule has 0 aromatic rings. The zero-order valence-corrected chi connectivity index (χ0v) is 11.2. The fraction of sp³-hybridized carbons (Fsp3) is 0.667. The van der Waals surface area contributed by atoms with Gasteiger partial charge in [0.25, 0.3) is 0 Å². The molecule has 1 saturated carbocycles. The number of ether oxygens (including phenoxy) is 1. The summed E-state index contributed by atoms with van der Waals surface area (Å²) in [6, 6.07) is 0. The van der Waals surface area contributed by atoms with Gasteiger partial charge in [-0.25, -0.2) is 4.79 Å². The molecule has 3 nitrogen and oxygen atoms in total. The van der Waals surface area contributed by atoms with Crippen molar-refractivity contribution in [3.05, 3.63) is 12.2 Å². The molecule has 1 fully saturated rings. The average molecular weight is 250 g/mol. The van der Waals surface area contributed by atoms with Gasteiger partial charge in [0, 0.05) is 17.9 Å². The Morgan fingerprint density at radius 2 is 2.17 bits per heavy atom. The third kappa shape index (κ3) is 3.14. The van der Waals surface area contributed by atoms with Crippen LogP contribution in [0, 0.1) is 17.8 Å². The van der Waals surface area contributed by atoms with Crippen LogP contribution in [-0.2, 0) is 9.53 Å². The zero-order valence-electron chi connectivity index (χ0n) is 11.2. The number of terminal acetylenes is 1. The van der Waals surface area contributed by atoms with Crippen molar-refractivity contribution in [2.75, 3.05) is 6.61 Å². The average Bonchev–Trinajstić information content (AvgIpc) is 2.32. The molecule has 0 bridgehead atoms. The summed E-state index contributed by atoms with van der Waals surface area (Å²) in [6.45, 7) is 4.08. The van der Waals surface area contributed by atoms with Crippen molar-refractivity contribution in [1.29, 1.82) is 0 Å². The Morgan fingerprint density at radius 3 is 2.78 bits per heavy atom. The molecule has 18 heavy (non-hydrogen) atoms. The lowest BCUT2D eigenvalue weighted by Gasteiger charge is -2.46. The fourth-order valence-corrected chi connectivity index (χ4v) is 2.57. The van der Waals surface area contributed by atoms with E-state index in [0.717, 1.165) is 19.3 Å². The number of carbonyl (C=O) groups is 1. The fourth-order valence-electron chi connectivity index (χ4n) is 2.57. The molecule has 1 N–H and O–H groups in total. The summed E-state index contributed by atoms with van der Waals surface area (Å²) >= 11 is 0. The topological polar surface area (TPSA) is 46.5 Å². The third-order valence-electron chi connectivity index (χ3n) is 3.87. The number of hydrogen-bond acceptors (Lipinski definition) is 3. The van der Waals surface area contributed by atoms with Crippen molar-refractivity contribution >= 4 is 5.97 Å². The minimum absolute atomic E-state index is 0.316. The standard InChI is InChI=1S/C15H22O3/c1-4-9-15(17)11-7-6-10-14(15,3)12-8-13(16)18-5-2/h1,8,12,17H,5-7,9-11H2,2-3H3/b12-8+/t14-,15-/m1/s1. The van der Waals surface area contributed by atoms with Gasteiger partial charge >= 0.3 is 5.97 Å². The Balaban J connectivity index is 2.86. The van der Waals surface area contributed by atoms with Gasteiger partial charge in [-0.1, -0.05) is 25.8 Å². The van der Waals surface area contributed by atoms with Crippen LogP contribution in [0.4, 0.5) is 0 Å². The molecule has 1 rings (SSSR count). The molecular formula is C15H22O3. The maximum absolute atomic E-state index is 11.4. The van der Waals surface area contributed by atoms with Crippen molar-refractivity contribution < 1.29 is 14.6 Å². The highest BCUT2D eigenvalue weighted by Crippen LogP contribution is 2.47. The summed E-state index contributed by atoms with van der Waals surface area (Å²) in [5.74, 6) is 2.18. The summed E-state index contributed by atoms with van der Waals surface area (Å²) in [5.41, 5.74) is -1.37. The second-order valence-corrected chi connectivity index (χ2v) is 5.12. The Bertz CT molecular complexity index is 366. The Morgan fingerprint density at radius 1 is 1.50 bits per heavy atom. The lowest BCUT2D eigenvalue weighted by molar-refractivity contribution is -0.137. The Hall–Kier alpha value is -1.27. The van der Waals surface area contributed by atoms with Crippen LogP contribution < -0.4 is 0 Å². The molecule has 0 saturated heterocycles. The maximum Gasteiger partial charge on any atom is 0.330 e. The summed E-state index contributed by atoms with van der Waals surface area (Å²) in [4.78, 5) is 11.4. The SMILES string of the molecule is C#CC[C@@]1(O)CCCC[C@]1(C)/C=C/C(=O)OCC. The first-order valence-electron chi connectivity index (χ1n) is 6.49. The zero-order chi connectivity index (χ0) is 13.6. The third-order valence-corrected chi connectivity index (χ3v) is 3.87. The summed E-state index contributed by atoms with van der Waals surface area (Å²) in [7, 11) is 0. The largest absolute Gasteiger partial charge is 0.463 e. The van der Waals surface area contributed by atoms with Crippen LogP contribution in [0.15, 0.2) is 12.2 Å². The Labute approximate surface area is 109 Å². The lowest BCUT2D eigenvalue weighted by Crippen LogP contribution is -2.47. The van der Waals surface area contributed by atoms with Crippen molar-refractivity contribution in [2.45, 2.75) is 51.6 Å². The van der Waals surface area contributed by atoms with Crippen LogP contribution in [0.3, 0.4) is 0 Å². The molecule has 1 aliphatic rings. The minimum atomic E-state index is -0.914. The van der Waals surface area contributed by atoms with E-state index in [9.17, 15) is 9.90 Å². The van der Waals surface area contributed by atoms with Crippen LogP contribution in [0.25, 0.3) is 0 Å². The van der Waals surface area contributed by atoms with Gasteiger partial charge in [-0.3, -0.25) is 0 Å². The van der Waals surface area contributed by atoms with Crippen molar-refractivity contribution in [1.82, 2.24) is 0 Å². The van der Waals surface area contributed by atoms with Crippen LogP contribution in [-0.4, -0.2) is 23.3 Å². The molecule has 0 heterocycles. The Kier molecular flexibility index (Phi) is 4.98. The van der Waals surface area contributed by atoms with E-state index in [0.29, 0.717) is 19.4 Å². The second kappa shape index (κ2) is 6.06. The highest BCUT2D eigenvalue weighted by atomic mass is 16.5. The van der Waals surface area contributed by atoms with E-state index in [4.69, 9.17) is 11.2 Å². The summed E-state index contributed by atoms with van der Waals surface area (Å²) in [6.07, 6.45) is 12.4. The molecule has 0 aliphatic heterocycles. The molecule has 2 atom stereocenters. The molecule has 0 spiro atoms. The smallest absolute Gasteiger partial charge is 0.330 e. The predicted octanol–water partition coefficient (Wildman–Crippen LogP) is 2.44. The van der Waals surface area contributed by atoms with Crippen molar-refractivity contribution in [2.24, 2.45) is 5.41 Å². The second-order valence-electron chi connectivity index (χ2n) is 5.12. The van der Waals surface area contributed by atoms with Crippen molar-refractivity contribution in [3.8, 4) is 12.3 Å². The van der Waals surface area contributed by atoms with Gasteiger partial charge in [0.2, 0.25) is 0 Å². The van der Waals surface area contributed by atoms with Crippen molar-refractivity contribution in [3.63, 3.8) is 0 Å². The number of aliphatic hydroxyl groups is 1. The molecule has 0 unspecified atom stereocenters. The van der Waals surface area contributed by atoms with Gasteiger partial charge < -0.3 is 9.84 Å². The quantitative estimate of drug-likeness (QED) is 0.473. The molecule has 3 heteroatoms. The molecule has 1 aliphatic carbocycles. The molecular weight excluding hydrogens is 228 g/mol. The van der Waals surface area contributed by atoms with E-state index in [2.05, 4.69) is 5.92 Å². The molecule has 0 aromatic carbocycles. The maximum atomic E-state index is 11.4. The van der Waals surface area contributed by atoms with E-state index in [1.807, 2.05) is 6.92 Å². The van der Waals surface area contributed by atoms with Crippen LogP contribution in [0.1, 0.15) is 46.0 Å². The highest BCUT2D eigenvalue weighted by Gasteiger charge is 2.46. The number of esters is 1. The molecule has 0 radical (unpaired) electrons. The first-order valence-corrected chi connectivity index (χ1v) is 6.49. The van der Waals surface area contributed by atoms with Gasteiger partial charge in [-0.15, -0.1) is 12.3 Å². The summed E-state index contributed by atoms with van der Waals surface area (Å²) < 4.78 is 4.86. The van der Waals surface area contributed by atoms with Crippen LogP contribution >= 0.6 is 0 Å². The monoisotopic (exact) mass is 250 g/mol. The van der Waals surface area contributed by atoms with E-state index in [-0.39, 0.29) is 5.97 Å². The van der Waals surface area contributed by atoms with Gasteiger partial charge in [-0.2, -0.15) is 0 Å². The molecule has 0 amide bonds. The summed E-state index contributed by atoms with van der Waals surface area (Å²) in [5, 5.41) is 10.7. The minimum Gasteiger partial charge on any atom is -0.463 e. The number of rotatable bonds is 4. The highest BCUT2D eigenvalue weighted by molar-refractivity contribution is 5.82. The molecule has 0 aromatic heterocycles. The van der Waals surface area contributed by atoms with Gasteiger partial charge in [-0.05, 0) is 19.8 Å². The van der Waals surface area contributed by atoms with E-state index >= 15 is 0 Å². The van der Waals surface area contributed by atoms with Gasteiger partial charge in [0.15, 0.2) is 0 Å². The van der Waals surface area contributed by atoms with Crippen LogP contribution in [0.5, 0.6) is 0 Å². The predicted molar refractivity (Wildman–Crippen MR) is 70.7 cm³/mol. The molecule has 100 valence electrons. The van der Waals surface area contributed by atoms with Gasteiger partial charge in [0.1, 0.15) is 0 Å². The van der Waals surface area contributed by atoms with E-state index in [1.165, 1.54) is 6.08 Å².